The molecule has 0 fully saturated rings. The lowest BCUT2D eigenvalue weighted by Gasteiger charge is -2.01. The first-order valence-corrected chi connectivity index (χ1v) is 6.39. The van der Waals surface area contributed by atoms with Crippen molar-refractivity contribution in [2.75, 3.05) is 0 Å². The third-order valence-electron chi connectivity index (χ3n) is 3.72. The first kappa shape index (κ1) is 12.3. The summed E-state index contributed by atoms with van der Waals surface area (Å²) >= 11 is 0. The number of aromatic nitrogens is 4. The van der Waals surface area contributed by atoms with Crippen LogP contribution in [-0.4, -0.2) is 20.4 Å². The van der Waals surface area contributed by atoms with Crippen molar-refractivity contribution >= 4 is 32.3 Å². The Morgan fingerprint density at radius 2 is 0.909 bits per heavy atom. The lowest BCUT2D eigenvalue weighted by molar-refractivity contribution is 0.854. The SMILES string of the molecule is O=c1[nH][nH][nH]c(=O)c2ccc1c1c3ccc(c(=O)[nH]c3=O)c21. The van der Waals surface area contributed by atoms with Gasteiger partial charge in [-0.15, -0.1) is 0 Å². The molecule has 0 aliphatic heterocycles. The van der Waals surface area contributed by atoms with Gasteiger partial charge in [0.1, 0.15) is 0 Å². The molecule has 0 atom stereocenters. The molecule has 5 aromatic rings. The predicted molar refractivity (Wildman–Crippen MR) is 81.4 cm³/mol. The third kappa shape index (κ3) is 1.46. The minimum Gasteiger partial charge on any atom is -0.288 e. The zero-order chi connectivity index (χ0) is 15.4. The first-order chi connectivity index (χ1) is 10.6. The zero-order valence-corrected chi connectivity index (χ0v) is 10.9. The maximum absolute atomic E-state index is 12.2. The maximum Gasteiger partial charge on any atom is 0.271 e. The van der Waals surface area contributed by atoms with Crippen molar-refractivity contribution in [3.63, 3.8) is 0 Å². The van der Waals surface area contributed by atoms with Crippen molar-refractivity contribution < 1.29 is 0 Å². The van der Waals surface area contributed by atoms with Crippen LogP contribution in [0.15, 0.2) is 43.4 Å². The number of hydrogen-bond acceptors (Lipinski definition) is 4. The number of rotatable bonds is 0. The average molecular weight is 296 g/mol. The molecular weight excluding hydrogens is 288 g/mol. The Morgan fingerprint density at radius 3 is 1.32 bits per heavy atom. The van der Waals surface area contributed by atoms with Crippen molar-refractivity contribution in [1.82, 2.24) is 20.4 Å². The second-order valence-electron chi connectivity index (χ2n) is 4.89. The van der Waals surface area contributed by atoms with E-state index in [0.717, 1.165) is 0 Å². The fourth-order valence-corrected chi connectivity index (χ4v) is 2.77. The molecule has 8 heteroatoms. The summed E-state index contributed by atoms with van der Waals surface area (Å²) in [5.74, 6) is 0. The number of nitrogens with one attached hydrogen (secondary N) is 4. The van der Waals surface area contributed by atoms with E-state index >= 15 is 0 Å². The highest BCUT2D eigenvalue weighted by molar-refractivity contribution is 6.21. The van der Waals surface area contributed by atoms with Gasteiger partial charge in [0, 0.05) is 32.3 Å². The molecule has 3 heterocycles. The van der Waals surface area contributed by atoms with Crippen molar-refractivity contribution in [3.8, 4) is 0 Å². The van der Waals surface area contributed by atoms with Gasteiger partial charge in [-0.05, 0) is 24.3 Å². The molecule has 2 aromatic carbocycles. The van der Waals surface area contributed by atoms with Gasteiger partial charge in [-0.3, -0.25) is 34.4 Å². The van der Waals surface area contributed by atoms with Crippen LogP contribution < -0.4 is 22.2 Å². The standard InChI is InChI=1S/C14H8N4O4/c19-11-5-1-2-6(12(20)15-11)10-8-4-3-7(9(5)10)13(21)16-18-17-14(8)22/h1-4,18H,(H,16,21)(H,17,22)(H,15,19,20). The monoisotopic (exact) mass is 296 g/mol. The highest BCUT2D eigenvalue weighted by atomic mass is 16.2. The Morgan fingerprint density at radius 1 is 0.545 bits per heavy atom. The largest absolute Gasteiger partial charge is 0.288 e. The number of hydrogen-bond donors (Lipinski definition) is 4. The minimum atomic E-state index is -0.603. The molecule has 0 amide bonds. The minimum absolute atomic E-state index is 0.173. The van der Waals surface area contributed by atoms with Gasteiger partial charge in [0.05, 0.1) is 0 Å². The van der Waals surface area contributed by atoms with E-state index in [2.05, 4.69) is 20.4 Å². The van der Waals surface area contributed by atoms with E-state index in [-0.39, 0.29) is 32.3 Å². The summed E-state index contributed by atoms with van der Waals surface area (Å²) < 4.78 is 0. The molecule has 5 rings (SSSR count). The van der Waals surface area contributed by atoms with E-state index in [4.69, 9.17) is 0 Å². The molecule has 8 nitrogen and oxygen atoms in total. The summed E-state index contributed by atoms with van der Waals surface area (Å²) in [7, 11) is 0. The number of aromatic amines is 4. The Kier molecular flexibility index (Phi) is 2.27. The molecule has 0 spiro atoms. The van der Waals surface area contributed by atoms with Crippen LogP contribution >= 0.6 is 0 Å². The van der Waals surface area contributed by atoms with Crippen LogP contribution in [0.5, 0.6) is 0 Å². The van der Waals surface area contributed by atoms with Crippen LogP contribution in [0.2, 0.25) is 0 Å². The Hall–Kier alpha value is -3.42. The zero-order valence-electron chi connectivity index (χ0n) is 10.9. The van der Waals surface area contributed by atoms with Gasteiger partial charge >= 0.3 is 0 Å². The van der Waals surface area contributed by atoms with Gasteiger partial charge < -0.3 is 0 Å². The molecule has 0 saturated heterocycles. The molecule has 0 radical (unpaired) electrons. The summed E-state index contributed by atoms with van der Waals surface area (Å²) in [5.41, 5.74) is -2.26. The molecular formula is C14H8N4O4. The lowest BCUT2D eigenvalue weighted by atomic mass is 9.99. The van der Waals surface area contributed by atoms with Crippen LogP contribution in [0.1, 0.15) is 0 Å². The fourth-order valence-electron chi connectivity index (χ4n) is 2.77. The summed E-state index contributed by atoms with van der Waals surface area (Å²) in [5, 5.41) is 8.21. The molecule has 0 saturated carbocycles. The normalized spacial score (nSPS) is 11.5. The van der Waals surface area contributed by atoms with Crippen molar-refractivity contribution in [2.45, 2.75) is 0 Å². The molecule has 3 aromatic heterocycles. The van der Waals surface area contributed by atoms with E-state index in [1.807, 2.05) is 0 Å². The van der Waals surface area contributed by atoms with E-state index in [9.17, 15) is 19.2 Å². The van der Waals surface area contributed by atoms with Crippen molar-refractivity contribution in [3.05, 3.63) is 65.7 Å². The average Bonchev–Trinajstić information content (AvgIpc) is 2.64. The number of H-pyrrole nitrogens is 4. The van der Waals surface area contributed by atoms with Crippen LogP contribution in [-0.2, 0) is 0 Å². The molecule has 22 heavy (non-hydrogen) atoms. The predicted octanol–water partition coefficient (Wildman–Crippen LogP) is -0.101. The van der Waals surface area contributed by atoms with Gasteiger partial charge in [-0.2, -0.15) is 0 Å². The third-order valence-corrected chi connectivity index (χ3v) is 3.72. The van der Waals surface area contributed by atoms with E-state index in [1.54, 1.807) is 0 Å². The molecule has 108 valence electrons. The highest BCUT2D eigenvalue weighted by Crippen LogP contribution is 2.27. The Labute approximate surface area is 119 Å². The number of benzene rings is 2. The quantitative estimate of drug-likeness (QED) is 0.361. The molecule has 0 aliphatic rings. The van der Waals surface area contributed by atoms with Gasteiger partial charge in [0.2, 0.25) is 0 Å². The maximum atomic E-state index is 12.2. The topological polar surface area (TPSA) is 131 Å². The second kappa shape index (κ2) is 4.04. The van der Waals surface area contributed by atoms with E-state index < -0.39 is 22.2 Å². The van der Waals surface area contributed by atoms with Gasteiger partial charge in [-0.25, -0.2) is 5.21 Å². The summed E-state index contributed by atoms with van der Waals surface area (Å²) in [6.07, 6.45) is 0. The van der Waals surface area contributed by atoms with Crippen LogP contribution in [0.25, 0.3) is 32.3 Å². The van der Waals surface area contributed by atoms with E-state index in [1.165, 1.54) is 24.3 Å². The Balaban J connectivity index is 2.71. The van der Waals surface area contributed by atoms with Crippen LogP contribution in [0.3, 0.4) is 0 Å². The van der Waals surface area contributed by atoms with Crippen LogP contribution in [0.4, 0.5) is 0 Å². The second-order valence-corrected chi connectivity index (χ2v) is 4.89. The van der Waals surface area contributed by atoms with Crippen LogP contribution in [0, 0.1) is 0 Å². The Bertz CT molecular complexity index is 1210. The lowest BCUT2D eigenvalue weighted by Crippen LogP contribution is -2.12. The molecule has 4 bridgehead atoms. The molecule has 0 aliphatic carbocycles. The summed E-state index contributed by atoms with van der Waals surface area (Å²) in [6.45, 7) is 0. The smallest absolute Gasteiger partial charge is 0.271 e. The summed E-state index contributed by atoms with van der Waals surface area (Å²) in [6, 6.07) is 5.86. The van der Waals surface area contributed by atoms with E-state index in [0.29, 0.717) is 0 Å². The number of fused-ring (bicyclic) bond motifs is 6. The highest BCUT2D eigenvalue weighted by Gasteiger charge is 2.14. The fraction of sp³-hybridized carbons (Fsp3) is 0. The first-order valence-electron chi connectivity index (χ1n) is 6.39. The van der Waals surface area contributed by atoms with Crippen molar-refractivity contribution in [1.29, 1.82) is 0 Å². The van der Waals surface area contributed by atoms with Gasteiger partial charge in [0.15, 0.2) is 0 Å². The van der Waals surface area contributed by atoms with Crippen molar-refractivity contribution in [2.24, 2.45) is 0 Å². The van der Waals surface area contributed by atoms with Gasteiger partial charge in [0.25, 0.3) is 22.2 Å². The molecule has 4 N–H and O–H groups in total. The summed E-state index contributed by atoms with van der Waals surface area (Å²) in [4.78, 5) is 50.9. The molecule has 0 unspecified atom stereocenters. The van der Waals surface area contributed by atoms with Gasteiger partial charge in [-0.1, -0.05) is 0 Å².